The van der Waals surface area contributed by atoms with Crippen LogP contribution >= 0.6 is 0 Å². The molecule has 1 N–H and O–H groups in total. The second-order valence-electron chi connectivity index (χ2n) is 5.68. The third-order valence-corrected chi connectivity index (χ3v) is 3.65. The SMILES string of the molecule is CC(C)(C)C1(CNC2CC2)COC1. The zero-order valence-corrected chi connectivity index (χ0v) is 9.02. The molecule has 0 amide bonds. The third-order valence-electron chi connectivity index (χ3n) is 3.65. The molecule has 0 bridgehead atoms. The lowest BCUT2D eigenvalue weighted by Gasteiger charge is -2.51. The van der Waals surface area contributed by atoms with Gasteiger partial charge in [-0.2, -0.15) is 0 Å². The van der Waals surface area contributed by atoms with Crippen LogP contribution in [0.5, 0.6) is 0 Å². The molecule has 1 aliphatic carbocycles. The van der Waals surface area contributed by atoms with E-state index >= 15 is 0 Å². The van der Waals surface area contributed by atoms with Gasteiger partial charge in [-0.15, -0.1) is 0 Å². The van der Waals surface area contributed by atoms with Crippen molar-refractivity contribution in [3.05, 3.63) is 0 Å². The van der Waals surface area contributed by atoms with Crippen LogP contribution in [0, 0.1) is 10.8 Å². The maximum Gasteiger partial charge on any atom is 0.0562 e. The molecule has 0 atom stereocenters. The summed E-state index contributed by atoms with van der Waals surface area (Å²) in [6.45, 7) is 9.99. The van der Waals surface area contributed by atoms with E-state index in [1.54, 1.807) is 0 Å². The zero-order chi connectivity index (χ0) is 9.53. The molecule has 1 saturated heterocycles. The molecule has 2 aliphatic rings. The van der Waals surface area contributed by atoms with Crippen LogP contribution in [-0.2, 0) is 4.74 Å². The monoisotopic (exact) mass is 183 g/mol. The van der Waals surface area contributed by atoms with Crippen molar-refractivity contribution >= 4 is 0 Å². The van der Waals surface area contributed by atoms with Crippen molar-refractivity contribution in [3.63, 3.8) is 0 Å². The minimum Gasteiger partial charge on any atom is -0.380 e. The summed E-state index contributed by atoms with van der Waals surface area (Å²) >= 11 is 0. The highest BCUT2D eigenvalue weighted by molar-refractivity contribution is 4.98. The van der Waals surface area contributed by atoms with E-state index in [2.05, 4.69) is 26.1 Å². The normalized spacial score (nSPS) is 27.0. The fourth-order valence-corrected chi connectivity index (χ4v) is 1.78. The molecule has 0 spiro atoms. The van der Waals surface area contributed by atoms with Crippen LogP contribution in [0.15, 0.2) is 0 Å². The third kappa shape index (κ3) is 1.75. The van der Waals surface area contributed by atoms with Gasteiger partial charge in [-0.1, -0.05) is 20.8 Å². The molecule has 2 nitrogen and oxygen atoms in total. The first-order chi connectivity index (χ1) is 6.04. The Morgan fingerprint density at radius 3 is 2.23 bits per heavy atom. The smallest absolute Gasteiger partial charge is 0.0562 e. The summed E-state index contributed by atoms with van der Waals surface area (Å²) in [5, 5.41) is 3.63. The number of hydrogen-bond acceptors (Lipinski definition) is 2. The Morgan fingerprint density at radius 1 is 1.31 bits per heavy atom. The summed E-state index contributed by atoms with van der Waals surface area (Å²) in [5.41, 5.74) is 0.767. The van der Waals surface area contributed by atoms with Gasteiger partial charge < -0.3 is 10.1 Å². The number of nitrogens with one attached hydrogen (secondary N) is 1. The van der Waals surface area contributed by atoms with Crippen molar-refractivity contribution in [1.82, 2.24) is 5.32 Å². The molecule has 0 aromatic heterocycles. The van der Waals surface area contributed by atoms with Crippen LogP contribution in [-0.4, -0.2) is 25.8 Å². The van der Waals surface area contributed by atoms with Crippen LogP contribution < -0.4 is 5.32 Å². The fraction of sp³-hybridized carbons (Fsp3) is 1.00. The summed E-state index contributed by atoms with van der Waals surface area (Å²) in [7, 11) is 0. The van der Waals surface area contributed by atoms with Gasteiger partial charge in [0.1, 0.15) is 0 Å². The molecule has 2 fully saturated rings. The molecule has 13 heavy (non-hydrogen) atoms. The van der Waals surface area contributed by atoms with Crippen LogP contribution in [0.4, 0.5) is 0 Å². The topological polar surface area (TPSA) is 21.3 Å². The Balaban J connectivity index is 1.89. The van der Waals surface area contributed by atoms with Crippen molar-refractivity contribution in [1.29, 1.82) is 0 Å². The van der Waals surface area contributed by atoms with Gasteiger partial charge in [-0.05, 0) is 18.3 Å². The van der Waals surface area contributed by atoms with Gasteiger partial charge in [-0.25, -0.2) is 0 Å². The summed E-state index contributed by atoms with van der Waals surface area (Å²) in [6.07, 6.45) is 2.75. The molecule has 0 aromatic rings. The van der Waals surface area contributed by atoms with E-state index in [1.165, 1.54) is 12.8 Å². The number of hydrogen-bond donors (Lipinski definition) is 1. The molecule has 2 heteroatoms. The maximum atomic E-state index is 5.38. The van der Waals surface area contributed by atoms with Gasteiger partial charge in [0.05, 0.1) is 13.2 Å². The first kappa shape index (κ1) is 9.47. The highest BCUT2D eigenvalue weighted by atomic mass is 16.5. The van der Waals surface area contributed by atoms with Gasteiger partial charge >= 0.3 is 0 Å². The second-order valence-corrected chi connectivity index (χ2v) is 5.68. The summed E-state index contributed by atoms with van der Waals surface area (Å²) in [6, 6.07) is 0.819. The van der Waals surface area contributed by atoms with E-state index in [4.69, 9.17) is 4.74 Å². The quantitative estimate of drug-likeness (QED) is 0.720. The first-order valence-corrected chi connectivity index (χ1v) is 5.35. The number of ether oxygens (including phenoxy) is 1. The Kier molecular flexibility index (Phi) is 2.16. The van der Waals surface area contributed by atoms with Gasteiger partial charge in [0, 0.05) is 18.0 Å². The molecule has 0 unspecified atom stereocenters. The first-order valence-electron chi connectivity index (χ1n) is 5.35. The van der Waals surface area contributed by atoms with Crippen LogP contribution in [0.2, 0.25) is 0 Å². The minimum atomic E-state index is 0.368. The lowest BCUT2D eigenvalue weighted by Crippen LogP contribution is -2.57. The molecular formula is C11H21NO. The predicted molar refractivity (Wildman–Crippen MR) is 53.7 cm³/mol. The number of rotatable bonds is 3. The van der Waals surface area contributed by atoms with Crippen molar-refractivity contribution in [2.75, 3.05) is 19.8 Å². The van der Waals surface area contributed by atoms with Crippen molar-refractivity contribution in [3.8, 4) is 0 Å². The van der Waals surface area contributed by atoms with Crippen molar-refractivity contribution in [2.24, 2.45) is 10.8 Å². The lowest BCUT2D eigenvalue weighted by atomic mass is 9.65. The molecule has 2 rings (SSSR count). The molecule has 76 valence electrons. The summed E-state index contributed by atoms with van der Waals surface area (Å²) < 4.78 is 5.38. The van der Waals surface area contributed by atoms with E-state index in [0.717, 1.165) is 25.8 Å². The van der Waals surface area contributed by atoms with Gasteiger partial charge in [0.15, 0.2) is 0 Å². The molecule has 1 saturated carbocycles. The van der Waals surface area contributed by atoms with E-state index < -0.39 is 0 Å². The molecule has 1 aliphatic heterocycles. The van der Waals surface area contributed by atoms with Crippen molar-refractivity contribution in [2.45, 2.75) is 39.7 Å². The second kappa shape index (κ2) is 2.96. The van der Waals surface area contributed by atoms with E-state index in [-0.39, 0.29) is 0 Å². The van der Waals surface area contributed by atoms with Crippen LogP contribution in [0.25, 0.3) is 0 Å². The molecular weight excluding hydrogens is 162 g/mol. The van der Waals surface area contributed by atoms with E-state index in [0.29, 0.717) is 10.8 Å². The van der Waals surface area contributed by atoms with Crippen LogP contribution in [0.1, 0.15) is 33.6 Å². The highest BCUT2D eigenvalue weighted by Gasteiger charge is 2.48. The van der Waals surface area contributed by atoms with E-state index in [1.807, 2.05) is 0 Å². The Bertz CT molecular complexity index is 187. The average Bonchev–Trinajstić information content (AvgIpc) is 2.64. The fourth-order valence-electron chi connectivity index (χ4n) is 1.78. The molecule has 0 aromatic carbocycles. The van der Waals surface area contributed by atoms with Crippen LogP contribution in [0.3, 0.4) is 0 Å². The standard InChI is InChI=1S/C11H21NO/c1-10(2,3)11(7-13-8-11)6-12-9-4-5-9/h9,12H,4-8H2,1-3H3. The molecule has 1 heterocycles. The van der Waals surface area contributed by atoms with Gasteiger partial charge in [0.2, 0.25) is 0 Å². The Morgan fingerprint density at radius 2 is 1.92 bits per heavy atom. The zero-order valence-electron chi connectivity index (χ0n) is 9.02. The highest BCUT2D eigenvalue weighted by Crippen LogP contribution is 2.44. The summed E-state index contributed by atoms with van der Waals surface area (Å²) in [4.78, 5) is 0. The Labute approximate surface area is 81.0 Å². The molecule has 0 radical (unpaired) electrons. The predicted octanol–water partition coefficient (Wildman–Crippen LogP) is 1.80. The minimum absolute atomic E-state index is 0.368. The van der Waals surface area contributed by atoms with Crippen molar-refractivity contribution < 1.29 is 4.74 Å². The van der Waals surface area contributed by atoms with Gasteiger partial charge in [-0.3, -0.25) is 0 Å². The largest absolute Gasteiger partial charge is 0.380 e. The Hall–Kier alpha value is -0.0800. The summed E-state index contributed by atoms with van der Waals surface area (Å²) in [5.74, 6) is 0. The lowest BCUT2D eigenvalue weighted by molar-refractivity contribution is -0.167. The maximum absolute atomic E-state index is 5.38. The van der Waals surface area contributed by atoms with E-state index in [9.17, 15) is 0 Å². The van der Waals surface area contributed by atoms with Gasteiger partial charge in [0.25, 0.3) is 0 Å². The average molecular weight is 183 g/mol.